The molecule has 2 rings (SSSR count). The highest BCUT2D eigenvalue weighted by molar-refractivity contribution is 7.10. The van der Waals surface area contributed by atoms with Crippen molar-refractivity contribution < 1.29 is 9.84 Å². The van der Waals surface area contributed by atoms with Gasteiger partial charge in [-0.1, -0.05) is 6.92 Å². The molecule has 1 aliphatic carbocycles. The van der Waals surface area contributed by atoms with E-state index in [1.165, 1.54) is 23.3 Å². The number of aliphatic hydroxyl groups excluding tert-OH is 1. The number of ether oxygens (including phenoxy) is 1. The number of hydrogen-bond acceptors (Lipinski definition) is 4. The van der Waals surface area contributed by atoms with Crippen LogP contribution in [-0.2, 0) is 6.42 Å². The van der Waals surface area contributed by atoms with Crippen LogP contribution < -0.4 is 10.1 Å². The van der Waals surface area contributed by atoms with Gasteiger partial charge in [-0.05, 0) is 46.0 Å². The predicted molar refractivity (Wildman–Crippen MR) is 84.9 cm³/mol. The zero-order chi connectivity index (χ0) is 14.8. The Hall–Kier alpha value is -0.580. The zero-order valence-corrected chi connectivity index (χ0v) is 13.8. The van der Waals surface area contributed by atoms with Gasteiger partial charge in [0.2, 0.25) is 0 Å². The summed E-state index contributed by atoms with van der Waals surface area (Å²) in [6, 6.07) is 0. The van der Waals surface area contributed by atoms with E-state index in [0.29, 0.717) is 19.1 Å². The smallest absolute Gasteiger partial charge is 0.133 e. The van der Waals surface area contributed by atoms with Crippen LogP contribution in [0, 0.1) is 0 Å². The van der Waals surface area contributed by atoms with Crippen LogP contribution in [0.3, 0.4) is 0 Å². The van der Waals surface area contributed by atoms with E-state index in [-0.39, 0.29) is 5.54 Å². The molecular weight excluding hydrogens is 270 g/mol. The highest BCUT2D eigenvalue weighted by Gasteiger charge is 2.22. The van der Waals surface area contributed by atoms with Crippen molar-refractivity contribution in [3.63, 3.8) is 0 Å². The van der Waals surface area contributed by atoms with Crippen molar-refractivity contribution in [1.82, 2.24) is 5.32 Å². The first-order chi connectivity index (χ1) is 9.37. The first kappa shape index (κ1) is 15.8. The molecule has 4 heteroatoms. The fourth-order valence-electron chi connectivity index (χ4n) is 2.55. The van der Waals surface area contributed by atoms with Gasteiger partial charge in [0, 0.05) is 27.9 Å². The summed E-state index contributed by atoms with van der Waals surface area (Å²) >= 11 is 1.81. The van der Waals surface area contributed by atoms with Gasteiger partial charge in [0.05, 0.1) is 0 Å². The lowest BCUT2D eigenvalue weighted by Crippen LogP contribution is -2.42. The van der Waals surface area contributed by atoms with Crippen molar-refractivity contribution in [2.24, 2.45) is 0 Å². The van der Waals surface area contributed by atoms with E-state index in [9.17, 15) is 5.11 Å². The second-order valence-corrected chi connectivity index (χ2v) is 7.74. The van der Waals surface area contributed by atoms with Crippen molar-refractivity contribution in [3.05, 3.63) is 15.8 Å². The molecule has 0 bridgehead atoms. The lowest BCUT2D eigenvalue weighted by atomic mass is 9.90. The Morgan fingerprint density at radius 3 is 2.95 bits per heavy atom. The van der Waals surface area contributed by atoms with Gasteiger partial charge in [-0.2, -0.15) is 0 Å². The molecule has 1 heterocycles. The number of thiophene rings is 1. The van der Waals surface area contributed by atoms with Crippen LogP contribution in [0.1, 0.15) is 56.9 Å². The summed E-state index contributed by atoms with van der Waals surface area (Å²) in [6.45, 7) is 9.50. The van der Waals surface area contributed by atoms with Gasteiger partial charge in [-0.15, -0.1) is 11.3 Å². The molecule has 114 valence electrons. The van der Waals surface area contributed by atoms with Gasteiger partial charge in [0.25, 0.3) is 0 Å². The summed E-state index contributed by atoms with van der Waals surface area (Å²) in [5.41, 5.74) is 1.41. The molecule has 1 aromatic rings. The third-order valence-electron chi connectivity index (χ3n) is 3.70. The number of fused-ring (bicyclic) bond motifs is 1. The molecule has 2 unspecified atom stereocenters. The minimum atomic E-state index is -0.467. The molecular formula is C16H27NO2S. The molecule has 0 aromatic carbocycles. The lowest BCUT2D eigenvalue weighted by molar-refractivity contribution is 0.0997. The average Bonchev–Trinajstić information content (AvgIpc) is 2.78. The van der Waals surface area contributed by atoms with Crippen LogP contribution in [0.25, 0.3) is 0 Å². The van der Waals surface area contributed by atoms with E-state index in [0.717, 1.165) is 12.2 Å². The minimum Gasteiger partial charge on any atom is -0.490 e. The highest BCUT2D eigenvalue weighted by atomic mass is 32.1. The van der Waals surface area contributed by atoms with Gasteiger partial charge in [-0.3, -0.25) is 0 Å². The summed E-state index contributed by atoms with van der Waals surface area (Å²) in [7, 11) is 0. The van der Waals surface area contributed by atoms with Crippen LogP contribution in [-0.4, -0.2) is 29.9 Å². The van der Waals surface area contributed by atoms with E-state index in [4.69, 9.17) is 4.74 Å². The summed E-state index contributed by atoms with van der Waals surface area (Å²) in [5.74, 6) is 1.65. The number of β-amino-alcohol motifs (C(OH)–C–C–N with tert-alkyl or cyclic N) is 1. The zero-order valence-electron chi connectivity index (χ0n) is 13.0. The van der Waals surface area contributed by atoms with Gasteiger partial charge in [0.1, 0.15) is 18.5 Å². The Kier molecular flexibility index (Phi) is 5.10. The average molecular weight is 297 g/mol. The van der Waals surface area contributed by atoms with Gasteiger partial charge in [-0.25, -0.2) is 0 Å². The summed E-state index contributed by atoms with van der Waals surface area (Å²) in [6.07, 6.45) is 3.18. The lowest BCUT2D eigenvalue weighted by Gasteiger charge is -2.23. The summed E-state index contributed by atoms with van der Waals surface area (Å²) < 4.78 is 5.84. The number of hydrogen-bond donors (Lipinski definition) is 2. The second kappa shape index (κ2) is 6.46. The van der Waals surface area contributed by atoms with Crippen LogP contribution in [0.5, 0.6) is 5.75 Å². The van der Waals surface area contributed by atoms with E-state index < -0.39 is 6.10 Å². The van der Waals surface area contributed by atoms with E-state index >= 15 is 0 Å². The Balaban J connectivity index is 1.85. The molecule has 20 heavy (non-hydrogen) atoms. The third-order valence-corrected chi connectivity index (χ3v) is 4.93. The molecule has 0 fully saturated rings. The van der Waals surface area contributed by atoms with Crippen LogP contribution in [0.2, 0.25) is 0 Å². The van der Waals surface area contributed by atoms with Crippen molar-refractivity contribution in [1.29, 1.82) is 0 Å². The first-order valence-electron chi connectivity index (χ1n) is 7.53. The molecule has 2 atom stereocenters. The molecule has 1 aliphatic rings. The van der Waals surface area contributed by atoms with Crippen LogP contribution >= 0.6 is 11.3 Å². The number of rotatable bonds is 5. The Bertz CT molecular complexity index is 436. The summed E-state index contributed by atoms with van der Waals surface area (Å²) in [5, 5.41) is 15.4. The van der Waals surface area contributed by atoms with E-state index in [1.807, 2.05) is 11.3 Å². The molecule has 0 amide bonds. The molecule has 0 aliphatic heterocycles. The van der Waals surface area contributed by atoms with Crippen molar-refractivity contribution in [3.8, 4) is 5.75 Å². The molecule has 0 radical (unpaired) electrons. The topological polar surface area (TPSA) is 41.5 Å². The normalized spacial score (nSPS) is 20.6. The van der Waals surface area contributed by atoms with Gasteiger partial charge in [0.15, 0.2) is 0 Å². The van der Waals surface area contributed by atoms with Crippen molar-refractivity contribution in [2.75, 3.05) is 13.2 Å². The number of aliphatic hydroxyl groups is 1. The van der Waals surface area contributed by atoms with Crippen molar-refractivity contribution in [2.45, 2.75) is 64.5 Å². The maximum atomic E-state index is 9.98. The predicted octanol–water partition coefficient (Wildman–Crippen LogP) is 3.32. The molecule has 0 saturated heterocycles. The maximum Gasteiger partial charge on any atom is 0.133 e. The fourth-order valence-corrected chi connectivity index (χ4v) is 3.69. The maximum absolute atomic E-state index is 9.98. The monoisotopic (exact) mass is 297 g/mol. The molecule has 2 N–H and O–H groups in total. The van der Waals surface area contributed by atoms with Gasteiger partial charge < -0.3 is 15.2 Å². The third kappa shape index (κ3) is 4.21. The van der Waals surface area contributed by atoms with E-state index in [1.54, 1.807) is 0 Å². The molecule has 0 saturated carbocycles. The standard InChI is InChI=1S/C16H27NO2S/c1-11-6-5-7-13-14(10-20-15(11)13)19-9-12(18)8-17-16(2,3)4/h10-12,17-18H,5-9H2,1-4H3. The largest absolute Gasteiger partial charge is 0.490 e. The molecule has 0 spiro atoms. The quantitative estimate of drug-likeness (QED) is 0.876. The van der Waals surface area contributed by atoms with Gasteiger partial charge >= 0.3 is 0 Å². The molecule has 1 aromatic heterocycles. The molecule has 3 nitrogen and oxygen atoms in total. The fraction of sp³-hybridized carbons (Fsp3) is 0.750. The minimum absolute atomic E-state index is 0.0258. The Morgan fingerprint density at radius 1 is 1.50 bits per heavy atom. The Labute approximate surface area is 126 Å². The Morgan fingerprint density at radius 2 is 2.25 bits per heavy atom. The summed E-state index contributed by atoms with van der Waals surface area (Å²) in [4.78, 5) is 1.48. The van der Waals surface area contributed by atoms with E-state index in [2.05, 4.69) is 38.4 Å². The highest BCUT2D eigenvalue weighted by Crippen LogP contribution is 2.41. The van der Waals surface area contributed by atoms with Crippen LogP contribution in [0.4, 0.5) is 0 Å². The van der Waals surface area contributed by atoms with Crippen molar-refractivity contribution >= 4 is 11.3 Å². The second-order valence-electron chi connectivity index (χ2n) is 6.83. The number of nitrogens with one attached hydrogen (secondary N) is 1. The SMILES string of the molecule is CC1CCCc2c(OCC(O)CNC(C)(C)C)csc21. The van der Waals surface area contributed by atoms with Crippen LogP contribution in [0.15, 0.2) is 5.38 Å². The first-order valence-corrected chi connectivity index (χ1v) is 8.41.